The molecule has 1 aromatic heterocycles. The number of benzene rings is 1. The number of halogens is 2. The molecule has 3 N–H and O–H groups in total. The second kappa shape index (κ2) is 7.86. The van der Waals surface area contributed by atoms with Gasteiger partial charge in [-0.2, -0.15) is 0 Å². The van der Waals surface area contributed by atoms with Gasteiger partial charge in [-0.05, 0) is 48.6 Å². The minimum Gasteiger partial charge on any atom is -0.377 e. The number of nitrogens with zero attached hydrogens (tertiary/aromatic N) is 2. The second-order valence-electron chi connectivity index (χ2n) is 6.30. The predicted molar refractivity (Wildman–Crippen MR) is 90.8 cm³/mol. The number of rotatable bonds is 4. The van der Waals surface area contributed by atoms with Crippen molar-refractivity contribution >= 4 is 5.91 Å². The zero-order valence-electron chi connectivity index (χ0n) is 14.2. The fraction of sp³-hybridized carbons (Fsp3) is 0.333. The van der Waals surface area contributed by atoms with E-state index < -0.39 is 17.9 Å². The zero-order valence-corrected chi connectivity index (χ0v) is 14.2. The topological polar surface area (TPSA) is 77.5 Å². The van der Waals surface area contributed by atoms with Gasteiger partial charge in [0.1, 0.15) is 11.9 Å². The van der Waals surface area contributed by atoms with Crippen LogP contribution in [-0.2, 0) is 6.42 Å². The first-order valence-electron chi connectivity index (χ1n) is 8.29. The Kier molecular flexibility index (Phi) is 5.55. The number of aliphatic hydroxyl groups is 1. The second-order valence-corrected chi connectivity index (χ2v) is 6.30. The van der Waals surface area contributed by atoms with E-state index in [0.717, 1.165) is 17.7 Å². The van der Waals surface area contributed by atoms with Gasteiger partial charge >= 0.3 is 0 Å². The van der Waals surface area contributed by atoms with Crippen LogP contribution < -0.4 is 10.7 Å². The van der Waals surface area contributed by atoms with Crippen LogP contribution in [-0.4, -0.2) is 40.4 Å². The number of hydrogen-bond acceptors (Lipinski definition) is 5. The van der Waals surface area contributed by atoms with E-state index in [9.17, 15) is 18.7 Å². The number of pyridine rings is 1. The lowest BCUT2D eigenvalue weighted by Gasteiger charge is -2.35. The Morgan fingerprint density at radius 3 is 2.69 bits per heavy atom. The third kappa shape index (κ3) is 4.40. The number of hydrazine groups is 1. The fourth-order valence-electron chi connectivity index (χ4n) is 2.79. The molecule has 1 fully saturated rings. The Labute approximate surface area is 149 Å². The molecule has 8 heteroatoms. The van der Waals surface area contributed by atoms with Gasteiger partial charge in [0.2, 0.25) is 0 Å². The van der Waals surface area contributed by atoms with Crippen molar-refractivity contribution in [3.8, 4) is 0 Å². The number of nitrogens with one attached hydrogen (secondary N) is 2. The molecule has 1 aromatic carbocycles. The first-order chi connectivity index (χ1) is 12.4. The molecule has 0 spiro atoms. The van der Waals surface area contributed by atoms with Crippen LogP contribution in [0.3, 0.4) is 0 Å². The molecular weight excluding hydrogens is 342 g/mol. The van der Waals surface area contributed by atoms with Gasteiger partial charge in [0, 0.05) is 13.2 Å². The summed E-state index contributed by atoms with van der Waals surface area (Å²) in [6, 6.07) is 7.07. The van der Waals surface area contributed by atoms with Crippen molar-refractivity contribution in [2.45, 2.75) is 31.7 Å². The highest BCUT2D eigenvalue weighted by Gasteiger charge is 2.24. The van der Waals surface area contributed by atoms with Gasteiger partial charge in [0.15, 0.2) is 11.6 Å². The van der Waals surface area contributed by atoms with Crippen LogP contribution in [0.1, 0.15) is 34.5 Å². The third-order valence-corrected chi connectivity index (χ3v) is 4.28. The first-order valence-corrected chi connectivity index (χ1v) is 8.29. The molecule has 1 saturated heterocycles. The van der Waals surface area contributed by atoms with E-state index in [1.807, 2.05) is 0 Å². The van der Waals surface area contributed by atoms with E-state index in [1.54, 1.807) is 30.4 Å². The maximum absolute atomic E-state index is 13.3. The molecule has 2 heterocycles. The summed E-state index contributed by atoms with van der Waals surface area (Å²) in [4.78, 5) is 16.4. The highest BCUT2D eigenvalue weighted by Crippen LogP contribution is 2.14. The predicted octanol–water partition coefficient (Wildman–Crippen LogP) is 1.56. The molecule has 3 rings (SSSR count). The van der Waals surface area contributed by atoms with E-state index in [1.165, 1.54) is 6.07 Å². The highest BCUT2D eigenvalue weighted by atomic mass is 19.2. The quantitative estimate of drug-likeness (QED) is 0.769. The zero-order chi connectivity index (χ0) is 18.7. The van der Waals surface area contributed by atoms with Crippen LogP contribution in [0.5, 0.6) is 0 Å². The lowest BCUT2D eigenvalue weighted by atomic mass is 10.1. The van der Waals surface area contributed by atoms with Crippen molar-refractivity contribution in [2.75, 3.05) is 7.05 Å². The van der Waals surface area contributed by atoms with Crippen molar-refractivity contribution in [2.24, 2.45) is 0 Å². The van der Waals surface area contributed by atoms with Crippen molar-refractivity contribution < 1.29 is 18.7 Å². The highest BCUT2D eigenvalue weighted by molar-refractivity contribution is 5.92. The number of carbonyl (C=O) groups is 1. The largest absolute Gasteiger partial charge is 0.377 e. The first kappa shape index (κ1) is 18.4. The molecule has 1 amide bonds. The van der Waals surface area contributed by atoms with E-state index in [4.69, 9.17) is 0 Å². The number of aromatic nitrogens is 1. The smallest absolute Gasteiger partial charge is 0.271 e. The van der Waals surface area contributed by atoms with Crippen LogP contribution in [0.15, 0.2) is 36.5 Å². The van der Waals surface area contributed by atoms with E-state index in [-0.39, 0.29) is 17.8 Å². The lowest BCUT2D eigenvalue weighted by molar-refractivity contribution is -0.0607. The SMILES string of the molecule is CN1NC(NC(=O)c2ccc(Cc3ccc(F)c(F)c3)cn2)CCC1O. The average Bonchev–Trinajstić information content (AvgIpc) is 2.62. The van der Waals surface area contributed by atoms with Gasteiger partial charge in [-0.3, -0.25) is 9.78 Å². The summed E-state index contributed by atoms with van der Waals surface area (Å²) in [5, 5.41) is 14.0. The molecule has 1 aliphatic heterocycles. The Morgan fingerprint density at radius 2 is 2.04 bits per heavy atom. The molecule has 0 aliphatic carbocycles. The molecule has 2 unspecified atom stereocenters. The van der Waals surface area contributed by atoms with Gasteiger partial charge in [-0.15, -0.1) is 0 Å². The number of amides is 1. The molecule has 2 aromatic rings. The summed E-state index contributed by atoms with van der Waals surface area (Å²) in [6.45, 7) is 0. The molecule has 0 radical (unpaired) electrons. The standard InChI is InChI=1S/C18H20F2N4O2/c1-24-17(25)7-6-16(23-24)22-18(26)15-5-3-12(10-21-15)8-11-2-4-13(19)14(20)9-11/h2-5,9-10,16-17,23,25H,6-8H2,1H3,(H,22,26). The summed E-state index contributed by atoms with van der Waals surface area (Å²) >= 11 is 0. The Bertz CT molecular complexity index is 785. The fourth-order valence-corrected chi connectivity index (χ4v) is 2.79. The molecule has 138 valence electrons. The molecular formula is C18H20F2N4O2. The Hall–Kier alpha value is -2.42. The van der Waals surface area contributed by atoms with Gasteiger partial charge in [-0.25, -0.2) is 19.2 Å². The van der Waals surface area contributed by atoms with E-state index in [2.05, 4.69) is 15.7 Å². The minimum absolute atomic E-state index is 0.259. The maximum atomic E-state index is 13.3. The van der Waals surface area contributed by atoms with Gasteiger partial charge in [0.25, 0.3) is 5.91 Å². The van der Waals surface area contributed by atoms with Gasteiger partial charge < -0.3 is 10.4 Å². The molecule has 1 aliphatic rings. The van der Waals surface area contributed by atoms with Crippen LogP contribution in [0.25, 0.3) is 0 Å². The van der Waals surface area contributed by atoms with E-state index >= 15 is 0 Å². The van der Waals surface area contributed by atoms with Crippen LogP contribution in [0.2, 0.25) is 0 Å². The number of aliphatic hydroxyl groups excluding tert-OH is 1. The Balaban J connectivity index is 1.60. The molecule has 0 bridgehead atoms. The monoisotopic (exact) mass is 362 g/mol. The summed E-state index contributed by atoms with van der Waals surface area (Å²) in [5.74, 6) is -2.10. The van der Waals surface area contributed by atoms with Crippen molar-refractivity contribution in [3.63, 3.8) is 0 Å². The number of carbonyl (C=O) groups excluding carboxylic acids is 1. The lowest BCUT2D eigenvalue weighted by Crippen LogP contribution is -2.58. The van der Waals surface area contributed by atoms with E-state index in [0.29, 0.717) is 24.8 Å². The maximum Gasteiger partial charge on any atom is 0.271 e. The summed E-state index contributed by atoms with van der Waals surface area (Å²) in [7, 11) is 1.70. The molecule has 2 atom stereocenters. The minimum atomic E-state index is -0.887. The van der Waals surface area contributed by atoms with Crippen LogP contribution in [0, 0.1) is 11.6 Å². The van der Waals surface area contributed by atoms with Crippen molar-refractivity contribution in [3.05, 3.63) is 65.0 Å². The normalized spacial score (nSPS) is 20.8. The van der Waals surface area contributed by atoms with Gasteiger partial charge in [-0.1, -0.05) is 12.1 Å². The van der Waals surface area contributed by atoms with Gasteiger partial charge in [0.05, 0.1) is 6.17 Å². The molecule has 26 heavy (non-hydrogen) atoms. The Morgan fingerprint density at radius 1 is 1.27 bits per heavy atom. The molecule has 0 saturated carbocycles. The van der Waals surface area contributed by atoms with Crippen molar-refractivity contribution in [1.82, 2.24) is 20.7 Å². The summed E-state index contributed by atoms with van der Waals surface area (Å²) < 4.78 is 26.2. The van der Waals surface area contributed by atoms with Crippen molar-refractivity contribution in [1.29, 1.82) is 0 Å². The third-order valence-electron chi connectivity index (χ3n) is 4.28. The average molecular weight is 362 g/mol. The summed E-state index contributed by atoms with van der Waals surface area (Å²) in [6.07, 6.45) is 2.23. The molecule has 6 nitrogen and oxygen atoms in total. The van der Waals surface area contributed by atoms with Crippen LogP contribution in [0.4, 0.5) is 8.78 Å². The van der Waals surface area contributed by atoms with Crippen LogP contribution >= 0.6 is 0 Å². The summed E-state index contributed by atoms with van der Waals surface area (Å²) in [5.41, 5.74) is 4.64. The number of hydrogen-bond donors (Lipinski definition) is 3.